The van der Waals surface area contributed by atoms with Crippen LogP contribution in [0.1, 0.15) is 22.9 Å². The van der Waals surface area contributed by atoms with Crippen LogP contribution in [0.5, 0.6) is 5.75 Å². The normalized spacial score (nSPS) is 15.5. The van der Waals surface area contributed by atoms with Gasteiger partial charge in [-0.05, 0) is 72.1 Å². The number of aromatic amines is 1. The number of anilines is 1. The Kier molecular flexibility index (Phi) is 5.23. The van der Waals surface area contributed by atoms with Crippen molar-refractivity contribution in [2.75, 3.05) is 19.0 Å². The van der Waals surface area contributed by atoms with Gasteiger partial charge in [0.05, 0.1) is 13.2 Å². The number of ether oxygens (including phenoxy) is 1. The first-order valence-corrected chi connectivity index (χ1v) is 10.7. The number of urea groups is 1. The van der Waals surface area contributed by atoms with Crippen LogP contribution in [0.15, 0.2) is 66.7 Å². The minimum absolute atomic E-state index is 0.230. The Bertz CT molecular complexity index is 1290. The number of nitrogens with one attached hydrogen (secondary N) is 2. The summed E-state index contributed by atoms with van der Waals surface area (Å²) in [5.74, 6) is 0.397. The summed E-state index contributed by atoms with van der Waals surface area (Å²) in [7, 11) is 1.60. The number of methoxy groups -OCH3 is 1. The van der Waals surface area contributed by atoms with Crippen molar-refractivity contribution in [3.8, 4) is 5.75 Å². The average molecular weight is 450 g/mol. The summed E-state index contributed by atoms with van der Waals surface area (Å²) < 4.78 is 18.8. The van der Waals surface area contributed by atoms with E-state index in [0.29, 0.717) is 29.4 Å². The quantitative estimate of drug-likeness (QED) is 0.394. The summed E-state index contributed by atoms with van der Waals surface area (Å²) in [5.41, 5.74) is 4.51. The van der Waals surface area contributed by atoms with Gasteiger partial charge in [0, 0.05) is 33.9 Å². The molecule has 1 aliphatic rings. The molecule has 2 amide bonds. The molecular formula is C25H21ClFN3O2. The summed E-state index contributed by atoms with van der Waals surface area (Å²) >= 11 is 6.24. The number of amides is 2. The van der Waals surface area contributed by atoms with Gasteiger partial charge in [-0.2, -0.15) is 0 Å². The maximum atomic E-state index is 13.6. The van der Waals surface area contributed by atoms with Crippen LogP contribution < -0.4 is 10.1 Å². The first-order valence-electron chi connectivity index (χ1n) is 10.3. The number of hydrogen-bond donors (Lipinski definition) is 2. The van der Waals surface area contributed by atoms with E-state index in [0.717, 1.165) is 27.7 Å². The third-order valence-corrected chi connectivity index (χ3v) is 6.11. The number of aromatic nitrogens is 1. The standard InChI is InChI=1S/C25H21ClFN3O2/c1-32-19-9-7-18(8-10-19)28-25(31)30-13-12-20-21-14-16(26)4-11-22(21)29-23(20)24(30)15-2-5-17(27)6-3-15/h2-11,14,24,29H,12-13H2,1H3,(H,28,31)/t24-/m0/s1. The lowest BCUT2D eigenvalue weighted by molar-refractivity contribution is 0.193. The van der Waals surface area contributed by atoms with Gasteiger partial charge in [-0.1, -0.05) is 23.7 Å². The summed E-state index contributed by atoms with van der Waals surface area (Å²) in [6, 6.07) is 18.6. The van der Waals surface area contributed by atoms with E-state index in [-0.39, 0.29) is 17.9 Å². The van der Waals surface area contributed by atoms with Gasteiger partial charge in [0.2, 0.25) is 0 Å². The largest absolute Gasteiger partial charge is 0.497 e. The molecule has 0 saturated heterocycles. The van der Waals surface area contributed by atoms with Crippen molar-refractivity contribution in [2.24, 2.45) is 0 Å². The highest BCUT2D eigenvalue weighted by molar-refractivity contribution is 6.31. The minimum Gasteiger partial charge on any atom is -0.497 e. The highest BCUT2D eigenvalue weighted by Gasteiger charge is 2.34. The van der Waals surface area contributed by atoms with Crippen molar-refractivity contribution >= 4 is 34.2 Å². The van der Waals surface area contributed by atoms with Crippen LogP contribution in [0.2, 0.25) is 5.02 Å². The molecule has 0 fully saturated rings. The molecular weight excluding hydrogens is 429 g/mol. The number of H-pyrrole nitrogens is 1. The SMILES string of the molecule is COc1ccc(NC(=O)N2CCc3c([nH]c4ccc(Cl)cc34)[C@@H]2c2ccc(F)cc2)cc1. The number of carbonyl (C=O) groups is 1. The molecule has 5 rings (SSSR count). The average Bonchev–Trinajstić information content (AvgIpc) is 3.17. The molecule has 0 saturated carbocycles. The van der Waals surface area contributed by atoms with Gasteiger partial charge in [-0.15, -0.1) is 0 Å². The lowest BCUT2D eigenvalue weighted by Crippen LogP contribution is -2.43. The van der Waals surface area contributed by atoms with Crippen LogP contribution in [0.25, 0.3) is 10.9 Å². The number of hydrogen-bond acceptors (Lipinski definition) is 2. The van der Waals surface area contributed by atoms with Crippen molar-refractivity contribution in [1.29, 1.82) is 0 Å². The first-order chi connectivity index (χ1) is 15.5. The Morgan fingerprint density at radius 3 is 2.59 bits per heavy atom. The molecule has 3 aromatic carbocycles. The molecule has 5 nitrogen and oxygen atoms in total. The fourth-order valence-corrected chi connectivity index (χ4v) is 4.51. The van der Waals surface area contributed by atoms with E-state index in [1.165, 1.54) is 12.1 Å². The molecule has 0 radical (unpaired) electrons. The summed E-state index contributed by atoms with van der Waals surface area (Å²) in [4.78, 5) is 18.6. The van der Waals surface area contributed by atoms with E-state index in [1.807, 2.05) is 18.2 Å². The maximum Gasteiger partial charge on any atom is 0.322 e. The van der Waals surface area contributed by atoms with E-state index in [1.54, 1.807) is 48.4 Å². The van der Waals surface area contributed by atoms with Crippen LogP contribution >= 0.6 is 11.6 Å². The van der Waals surface area contributed by atoms with Gasteiger partial charge < -0.3 is 19.9 Å². The van der Waals surface area contributed by atoms with Gasteiger partial charge in [0.15, 0.2) is 0 Å². The predicted molar refractivity (Wildman–Crippen MR) is 124 cm³/mol. The number of rotatable bonds is 3. The topological polar surface area (TPSA) is 57.4 Å². The molecule has 7 heteroatoms. The molecule has 0 unspecified atom stereocenters. The molecule has 0 spiro atoms. The number of halogens is 2. The van der Waals surface area contributed by atoms with Crippen LogP contribution in [0.3, 0.4) is 0 Å². The summed E-state index contributed by atoms with van der Waals surface area (Å²) in [6.07, 6.45) is 0.684. The third-order valence-electron chi connectivity index (χ3n) is 5.88. The fourth-order valence-electron chi connectivity index (χ4n) is 4.34. The van der Waals surface area contributed by atoms with Crippen LogP contribution in [0, 0.1) is 5.82 Å². The number of carbonyl (C=O) groups excluding carboxylic acids is 1. The highest BCUT2D eigenvalue weighted by atomic mass is 35.5. The number of nitrogens with zero attached hydrogens (tertiary/aromatic N) is 1. The lowest BCUT2D eigenvalue weighted by Gasteiger charge is -2.36. The molecule has 1 aromatic heterocycles. The number of benzene rings is 3. The Morgan fingerprint density at radius 1 is 1.12 bits per heavy atom. The molecule has 32 heavy (non-hydrogen) atoms. The highest BCUT2D eigenvalue weighted by Crippen LogP contribution is 2.39. The summed E-state index contributed by atoms with van der Waals surface area (Å²) in [6.45, 7) is 0.510. The van der Waals surface area contributed by atoms with Gasteiger partial charge in [0.25, 0.3) is 0 Å². The van der Waals surface area contributed by atoms with E-state index in [4.69, 9.17) is 16.3 Å². The molecule has 1 aliphatic heterocycles. The van der Waals surface area contributed by atoms with Crippen LogP contribution in [-0.2, 0) is 6.42 Å². The lowest BCUT2D eigenvalue weighted by atomic mass is 9.92. The van der Waals surface area contributed by atoms with Crippen LogP contribution in [0.4, 0.5) is 14.9 Å². The van der Waals surface area contributed by atoms with E-state index in [9.17, 15) is 9.18 Å². The van der Waals surface area contributed by atoms with E-state index in [2.05, 4.69) is 10.3 Å². The summed E-state index contributed by atoms with van der Waals surface area (Å²) in [5, 5.41) is 4.69. The second-order valence-corrected chi connectivity index (χ2v) is 8.20. The fraction of sp³-hybridized carbons (Fsp3) is 0.160. The monoisotopic (exact) mass is 449 g/mol. The zero-order valence-corrected chi connectivity index (χ0v) is 18.1. The second kappa shape index (κ2) is 8.20. The van der Waals surface area contributed by atoms with Gasteiger partial charge in [-0.3, -0.25) is 0 Å². The van der Waals surface area contributed by atoms with Crippen molar-refractivity contribution in [1.82, 2.24) is 9.88 Å². The van der Waals surface area contributed by atoms with E-state index < -0.39 is 0 Å². The molecule has 1 atom stereocenters. The van der Waals surface area contributed by atoms with E-state index >= 15 is 0 Å². The minimum atomic E-state index is -0.385. The van der Waals surface area contributed by atoms with Crippen LogP contribution in [-0.4, -0.2) is 29.6 Å². The third kappa shape index (κ3) is 3.67. The van der Waals surface area contributed by atoms with Crippen molar-refractivity contribution < 1.29 is 13.9 Å². The second-order valence-electron chi connectivity index (χ2n) is 7.76. The Morgan fingerprint density at radius 2 is 1.88 bits per heavy atom. The molecule has 162 valence electrons. The predicted octanol–water partition coefficient (Wildman–Crippen LogP) is 6.15. The molecule has 2 heterocycles. The zero-order valence-electron chi connectivity index (χ0n) is 17.4. The first kappa shape index (κ1) is 20.4. The van der Waals surface area contributed by atoms with Gasteiger partial charge >= 0.3 is 6.03 Å². The molecule has 0 bridgehead atoms. The van der Waals surface area contributed by atoms with Crippen molar-refractivity contribution in [2.45, 2.75) is 12.5 Å². The molecule has 2 N–H and O–H groups in total. The van der Waals surface area contributed by atoms with Crippen molar-refractivity contribution in [3.63, 3.8) is 0 Å². The van der Waals surface area contributed by atoms with Gasteiger partial charge in [0.1, 0.15) is 11.6 Å². The smallest absolute Gasteiger partial charge is 0.322 e. The zero-order chi connectivity index (χ0) is 22.2. The van der Waals surface area contributed by atoms with Gasteiger partial charge in [-0.25, -0.2) is 9.18 Å². The van der Waals surface area contributed by atoms with Crippen molar-refractivity contribution in [3.05, 3.63) is 94.4 Å². The molecule has 0 aliphatic carbocycles. The molecule has 4 aromatic rings. The Hall–Kier alpha value is -3.51. The maximum absolute atomic E-state index is 13.6. The Balaban J connectivity index is 1.55. The number of fused-ring (bicyclic) bond motifs is 3. The Labute approximate surface area is 189 Å².